The second-order valence-electron chi connectivity index (χ2n) is 14.1. The van der Waals surface area contributed by atoms with Crippen LogP contribution in [0, 0.1) is 6.92 Å². The smallest absolute Gasteiger partial charge is 0.138 e. The van der Waals surface area contributed by atoms with E-state index in [1.54, 1.807) is 0 Å². The molecule has 9 aromatic carbocycles. The fraction of sp³-hybridized carbons (Fsp3) is 0.0189. The minimum atomic E-state index is 0.916. The molecular formula is C53H37NO. The minimum Gasteiger partial charge on any atom is -0.456 e. The summed E-state index contributed by atoms with van der Waals surface area (Å²) in [7, 11) is 0. The first-order valence-electron chi connectivity index (χ1n) is 18.8. The molecule has 10 aromatic rings. The fourth-order valence-corrected chi connectivity index (χ4v) is 8.13. The van der Waals surface area contributed by atoms with Crippen LogP contribution in [0.3, 0.4) is 0 Å². The van der Waals surface area contributed by atoms with E-state index in [2.05, 4.69) is 206 Å². The van der Waals surface area contributed by atoms with Gasteiger partial charge in [0.15, 0.2) is 0 Å². The molecule has 0 saturated carbocycles. The number of furan rings is 1. The predicted octanol–water partition coefficient (Wildman–Crippen LogP) is 15.2. The molecule has 0 aliphatic carbocycles. The lowest BCUT2D eigenvalue weighted by molar-refractivity contribution is 0.629. The normalized spacial score (nSPS) is 11.4. The van der Waals surface area contributed by atoms with E-state index in [1.807, 2.05) is 12.1 Å². The van der Waals surface area contributed by atoms with Crippen LogP contribution in [0.5, 0.6) is 0 Å². The summed E-state index contributed by atoms with van der Waals surface area (Å²) < 4.78 is 6.35. The first-order valence-corrected chi connectivity index (χ1v) is 18.8. The van der Waals surface area contributed by atoms with Gasteiger partial charge in [-0.05, 0) is 98.9 Å². The van der Waals surface area contributed by atoms with Gasteiger partial charge in [-0.15, -0.1) is 0 Å². The summed E-state index contributed by atoms with van der Waals surface area (Å²) in [4.78, 5) is 2.40. The summed E-state index contributed by atoms with van der Waals surface area (Å²) in [5, 5.41) is 6.07. The lowest BCUT2D eigenvalue weighted by Gasteiger charge is -2.28. The third-order valence-electron chi connectivity index (χ3n) is 10.9. The van der Waals surface area contributed by atoms with E-state index >= 15 is 0 Å². The van der Waals surface area contributed by atoms with Crippen LogP contribution in [-0.4, -0.2) is 0 Å². The number of hydrogen-bond donors (Lipinski definition) is 0. The van der Waals surface area contributed by atoms with Crippen molar-refractivity contribution in [3.8, 4) is 44.7 Å². The molecular weight excluding hydrogens is 667 g/mol. The summed E-state index contributed by atoms with van der Waals surface area (Å²) in [6.07, 6.45) is 0. The Morgan fingerprint density at radius 1 is 0.364 bits per heavy atom. The Bertz CT molecular complexity index is 2970. The number of para-hydroxylation sites is 1. The standard InChI is InChI=1S/C53H37NO/c1-36-45-19-11-12-25-52(45)55-53(36)42-18-13-17-40(34-42)37-26-30-43(31-27-37)54(51-35-41-16-5-6-22-48(41)49-23-9-10-24-50(49)51)44-32-28-39(29-33-44)47-21-8-7-20-46(47)38-14-3-2-4-15-38/h2-35H,1H3. The van der Waals surface area contributed by atoms with Gasteiger partial charge in [-0.2, -0.15) is 0 Å². The molecule has 0 fully saturated rings. The van der Waals surface area contributed by atoms with E-state index in [-0.39, 0.29) is 0 Å². The largest absolute Gasteiger partial charge is 0.456 e. The van der Waals surface area contributed by atoms with E-state index in [4.69, 9.17) is 4.42 Å². The zero-order chi connectivity index (χ0) is 36.7. The lowest BCUT2D eigenvalue weighted by atomic mass is 9.94. The number of aryl methyl sites for hydroxylation is 1. The van der Waals surface area contributed by atoms with Gasteiger partial charge in [0, 0.05) is 33.3 Å². The number of anilines is 3. The molecule has 2 heteroatoms. The molecule has 0 unspecified atom stereocenters. The second kappa shape index (κ2) is 13.7. The van der Waals surface area contributed by atoms with Crippen LogP contribution in [0.4, 0.5) is 17.1 Å². The molecule has 260 valence electrons. The summed E-state index contributed by atoms with van der Waals surface area (Å²) in [6, 6.07) is 74.0. The molecule has 0 aliphatic rings. The Morgan fingerprint density at radius 2 is 0.891 bits per heavy atom. The molecule has 0 bridgehead atoms. The van der Waals surface area contributed by atoms with Crippen molar-refractivity contribution in [2.24, 2.45) is 0 Å². The van der Waals surface area contributed by atoms with Crippen molar-refractivity contribution >= 4 is 49.6 Å². The minimum absolute atomic E-state index is 0.916. The van der Waals surface area contributed by atoms with Gasteiger partial charge in [0.2, 0.25) is 0 Å². The van der Waals surface area contributed by atoms with E-state index in [0.717, 1.165) is 56.0 Å². The topological polar surface area (TPSA) is 16.4 Å². The highest BCUT2D eigenvalue weighted by atomic mass is 16.3. The highest BCUT2D eigenvalue weighted by Crippen LogP contribution is 2.44. The van der Waals surface area contributed by atoms with Crippen LogP contribution >= 0.6 is 0 Å². The van der Waals surface area contributed by atoms with Crippen LogP contribution in [0.2, 0.25) is 0 Å². The zero-order valence-electron chi connectivity index (χ0n) is 30.5. The molecule has 1 heterocycles. The summed E-state index contributed by atoms with van der Waals surface area (Å²) >= 11 is 0. The molecule has 55 heavy (non-hydrogen) atoms. The van der Waals surface area contributed by atoms with Gasteiger partial charge in [0.1, 0.15) is 11.3 Å². The number of benzene rings is 9. The van der Waals surface area contributed by atoms with Gasteiger partial charge < -0.3 is 9.32 Å². The Hall–Kier alpha value is -7.16. The molecule has 0 aliphatic heterocycles. The monoisotopic (exact) mass is 703 g/mol. The first kappa shape index (κ1) is 32.5. The quantitative estimate of drug-likeness (QED) is 0.154. The van der Waals surface area contributed by atoms with E-state index in [1.165, 1.54) is 43.8 Å². The third-order valence-corrected chi connectivity index (χ3v) is 10.9. The second-order valence-corrected chi connectivity index (χ2v) is 14.1. The zero-order valence-corrected chi connectivity index (χ0v) is 30.5. The SMILES string of the molecule is Cc1c(-c2cccc(-c3ccc(N(c4ccc(-c5ccccc5-c5ccccc5)cc4)c4cc5ccccc5c5ccccc45)cc3)c2)oc2ccccc12. The van der Waals surface area contributed by atoms with Crippen LogP contribution in [0.1, 0.15) is 5.56 Å². The highest BCUT2D eigenvalue weighted by molar-refractivity contribution is 6.14. The number of fused-ring (bicyclic) bond motifs is 4. The van der Waals surface area contributed by atoms with E-state index < -0.39 is 0 Å². The van der Waals surface area contributed by atoms with Gasteiger partial charge in [-0.25, -0.2) is 0 Å². The van der Waals surface area contributed by atoms with Crippen molar-refractivity contribution in [2.75, 3.05) is 4.90 Å². The molecule has 0 amide bonds. The highest BCUT2D eigenvalue weighted by Gasteiger charge is 2.19. The van der Waals surface area contributed by atoms with Crippen molar-refractivity contribution in [3.05, 3.63) is 212 Å². The van der Waals surface area contributed by atoms with Crippen molar-refractivity contribution in [2.45, 2.75) is 6.92 Å². The maximum Gasteiger partial charge on any atom is 0.138 e. The van der Waals surface area contributed by atoms with Crippen LogP contribution in [0.25, 0.3) is 77.2 Å². The molecule has 0 saturated heterocycles. The van der Waals surface area contributed by atoms with Gasteiger partial charge in [-0.3, -0.25) is 0 Å². The number of nitrogens with zero attached hydrogens (tertiary/aromatic N) is 1. The molecule has 2 nitrogen and oxygen atoms in total. The van der Waals surface area contributed by atoms with E-state index in [9.17, 15) is 0 Å². The van der Waals surface area contributed by atoms with E-state index in [0.29, 0.717) is 0 Å². The summed E-state index contributed by atoms with van der Waals surface area (Å²) in [6.45, 7) is 2.14. The summed E-state index contributed by atoms with van der Waals surface area (Å²) in [5.74, 6) is 0.920. The average Bonchev–Trinajstić information content (AvgIpc) is 3.60. The Labute approximate surface area is 321 Å². The maximum atomic E-state index is 6.35. The molecule has 0 atom stereocenters. The Morgan fingerprint density at radius 3 is 1.60 bits per heavy atom. The maximum absolute atomic E-state index is 6.35. The fourth-order valence-electron chi connectivity index (χ4n) is 8.13. The molecule has 0 radical (unpaired) electrons. The van der Waals surface area contributed by atoms with Gasteiger partial charge in [-0.1, -0.05) is 164 Å². The van der Waals surface area contributed by atoms with Gasteiger partial charge in [0.25, 0.3) is 0 Å². The molecule has 10 rings (SSSR count). The lowest BCUT2D eigenvalue weighted by Crippen LogP contribution is -2.10. The third kappa shape index (κ3) is 5.85. The Balaban J connectivity index is 1.08. The average molecular weight is 704 g/mol. The molecule has 0 N–H and O–H groups in total. The van der Waals surface area contributed by atoms with Crippen LogP contribution in [0.15, 0.2) is 211 Å². The number of rotatable bonds is 7. The summed E-state index contributed by atoms with van der Waals surface area (Å²) in [5.41, 5.74) is 13.6. The van der Waals surface area contributed by atoms with Gasteiger partial charge in [0.05, 0.1) is 5.69 Å². The van der Waals surface area contributed by atoms with Crippen molar-refractivity contribution < 1.29 is 4.42 Å². The van der Waals surface area contributed by atoms with Crippen molar-refractivity contribution in [1.82, 2.24) is 0 Å². The molecule has 1 aromatic heterocycles. The van der Waals surface area contributed by atoms with Crippen molar-refractivity contribution in [3.63, 3.8) is 0 Å². The van der Waals surface area contributed by atoms with Crippen LogP contribution < -0.4 is 4.90 Å². The van der Waals surface area contributed by atoms with Crippen molar-refractivity contribution in [1.29, 1.82) is 0 Å². The first-order chi connectivity index (χ1) is 27.2. The number of hydrogen-bond acceptors (Lipinski definition) is 2. The molecule has 0 spiro atoms. The predicted molar refractivity (Wildman–Crippen MR) is 232 cm³/mol. The Kier molecular flexibility index (Phi) is 8.08. The van der Waals surface area contributed by atoms with Gasteiger partial charge >= 0.3 is 0 Å². The van der Waals surface area contributed by atoms with Crippen LogP contribution in [-0.2, 0) is 0 Å².